The number of hydrogen-bond donors (Lipinski definition) is 0. The molecule has 3 heteroatoms. The minimum absolute atomic E-state index is 0.513. The van der Waals surface area contributed by atoms with E-state index < -0.39 is 0 Å². The van der Waals surface area contributed by atoms with Crippen molar-refractivity contribution in [2.24, 2.45) is 0 Å². The van der Waals surface area contributed by atoms with E-state index in [2.05, 4.69) is 4.98 Å². The molecule has 0 N–H and O–H groups in total. The van der Waals surface area contributed by atoms with Gasteiger partial charge in [-0.15, -0.1) is 0 Å². The summed E-state index contributed by atoms with van der Waals surface area (Å²) in [5.41, 5.74) is 1.92. The number of rotatable bonds is 2. The van der Waals surface area contributed by atoms with Crippen LogP contribution in [0.4, 0.5) is 0 Å². The molecular formula is C16H12ClNO. The first-order valence-electron chi connectivity index (χ1n) is 5.97. The van der Waals surface area contributed by atoms with Gasteiger partial charge in [0, 0.05) is 10.9 Å². The van der Waals surface area contributed by atoms with Gasteiger partial charge in [-0.3, -0.25) is 0 Å². The fourth-order valence-electron chi connectivity index (χ4n) is 2.08. The highest BCUT2D eigenvalue weighted by Crippen LogP contribution is 2.29. The fourth-order valence-corrected chi connectivity index (χ4v) is 2.34. The Balaban J connectivity index is 2.23. The van der Waals surface area contributed by atoms with Gasteiger partial charge in [-0.2, -0.15) is 0 Å². The van der Waals surface area contributed by atoms with E-state index in [0.29, 0.717) is 5.15 Å². The van der Waals surface area contributed by atoms with Gasteiger partial charge in [0.25, 0.3) is 0 Å². The molecule has 0 amide bonds. The van der Waals surface area contributed by atoms with E-state index in [9.17, 15) is 0 Å². The van der Waals surface area contributed by atoms with Crippen LogP contribution in [-0.4, -0.2) is 12.1 Å². The number of pyridine rings is 1. The number of fused-ring (bicyclic) bond motifs is 1. The second kappa shape index (κ2) is 4.90. The third-order valence-corrected chi connectivity index (χ3v) is 3.35. The molecule has 3 rings (SSSR count). The summed E-state index contributed by atoms with van der Waals surface area (Å²) in [6.07, 6.45) is 0. The Morgan fingerprint density at radius 1 is 1.00 bits per heavy atom. The number of nitrogens with zero attached hydrogens (tertiary/aromatic N) is 1. The SMILES string of the molecule is COc1ccc2c(Cl)nc(-c3ccccc3)cc2c1. The molecule has 2 aromatic carbocycles. The van der Waals surface area contributed by atoms with Crippen molar-refractivity contribution in [1.82, 2.24) is 4.98 Å². The topological polar surface area (TPSA) is 22.1 Å². The molecule has 19 heavy (non-hydrogen) atoms. The summed E-state index contributed by atoms with van der Waals surface area (Å²) in [6.45, 7) is 0. The summed E-state index contributed by atoms with van der Waals surface area (Å²) in [7, 11) is 1.65. The van der Waals surface area contributed by atoms with Gasteiger partial charge < -0.3 is 4.74 Å². The molecule has 0 fully saturated rings. The van der Waals surface area contributed by atoms with Crippen LogP contribution in [0.25, 0.3) is 22.0 Å². The quantitative estimate of drug-likeness (QED) is 0.636. The Kier molecular flexibility index (Phi) is 3.10. The Labute approximate surface area is 116 Å². The van der Waals surface area contributed by atoms with E-state index in [-0.39, 0.29) is 0 Å². The van der Waals surface area contributed by atoms with E-state index >= 15 is 0 Å². The van der Waals surface area contributed by atoms with E-state index in [1.54, 1.807) is 7.11 Å². The van der Waals surface area contributed by atoms with Gasteiger partial charge >= 0.3 is 0 Å². The van der Waals surface area contributed by atoms with Crippen molar-refractivity contribution in [2.75, 3.05) is 7.11 Å². The van der Waals surface area contributed by atoms with Gasteiger partial charge in [0.15, 0.2) is 0 Å². The normalized spacial score (nSPS) is 10.6. The van der Waals surface area contributed by atoms with E-state index in [1.807, 2.05) is 54.6 Å². The summed E-state index contributed by atoms with van der Waals surface area (Å²) in [5.74, 6) is 0.814. The lowest BCUT2D eigenvalue weighted by atomic mass is 10.1. The number of hydrogen-bond acceptors (Lipinski definition) is 2. The highest BCUT2D eigenvalue weighted by molar-refractivity contribution is 6.34. The molecule has 0 aliphatic carbocycles. The molecule has 0 spiro atoms. The van der Waals surface area contributed by atoms with Crippen LogP contribution in [0.15, 0.2) is 54.6 Å². The molecular weight excluding hydrogens is 258 g/mol. The second-order valence-electron chi connectivity index (χ2n) is 4.25. The highest BCUT2D eigenvalue weighted by atomic mass is 35.5. The first-order chi connectivity index (χ1) is 9.28. The van der Waals surface area contributed by atoms with Crippen molar-refractivity contribution in [2.45, 2.75) is 0 Å². The molecule has 3 aromatic rings. The number of benzene rings is 2. The van der Waals surface area contributed by atoms with Crippen molar-refractivity contribution in [3.8, 4) is 17.0 Å². The van der Waals surface area contributed by atoms with E-state index in [4.69, 9.17) is 16.3 Å². The van der Waals surface area contributed by atoms with Gasteiger partial charge in [0.1, 0.15) is 10.9 Å². The molecule has 0 atom stereocenters. The number of halogens is 1. The van der Waals surface area contributed by atoms with Crippen molar-refractivity contribution in [3.05, 3.63) is 59.8 Å². The second-order valence-corrected chi connectivity index (χ2v) is 4.61. The Morgan fingerprint density at radius 2 is 1.79 bits per heavy atom. The first kappa shape index (κ1) is 12.0. The highest BCUT2D eigenvalue weighted by Gasteiger charge is 2.06. The number of aromatic nitrogens is 1. The average Bonchev–Trinajstić information content (AvgIpc) is 2.47. The Morgan fingerprint density at radius 3 is 2.53 bits per heavy atom. The van der Waals surface area contributed by atoms with Crippen LogP contribution in [0, 0.1) is 0 Å². The van der Waals surface area contributed by atoms with Crippen LogP contribution in [-0.2, 0) is 0 Å². The maximum Gasteiger partial charge on any atom is 0.137 e. The first-order valence-corrected chi connectivity index (χ1v) is 6.35. The van der Waals surface area contributed by atoms with Crippen LogP contribution in [0.1, 0.15) is 0 Å². The third kappa shape index (κ3) is 2.27. The Bertz CT molecular complexity index is 725. The lowest BCUT2D eigenvalue weighted by Gasteiger charge is -2.07. The van der Waals surface area contributed by atoms with Crippen molar-refractivity contribution in [1.29, 1.82) is 0 Å². The van der Waals surface area contributed by atoms with Gasteiger partial charge in [0.2, 0.25) is 0 Å². The summed E-state index contributed by atoms with van der Waals surface area (Å²) in [6, 6.07) is 17.8. The zero-order valence-electron chi connectivity index (χ0n) is 10.4. The van der Waals surface area contributed by atoms with Crippen LogP contribution in [0.2, 0.25) is 5.15 Å². The van der Waals surface area contributed by atoms with Crippen molar-refractivity contribution < 1.29 is 4.74 Å². The fraction of sp³-hybridized carbons (Fsp3) is 0.0625. The van der Waals surface area contributed by atoms with E-state index in [0.717, 1.165) is 27.8 Å². The predicted octanol–water partition coefficient (Wildman–Crippen LogP) is 4.56. The molecule has 94 valence electrons. The zero-order chi connectivity index (χ0) is 13.2. The minimum atomic E-state index is 0.513. The standard InChI is InChI=1S/C16H12ClNO/c1-19-13-7-8-14-12(9-13)10-15(18-16(14)17)11-5-3-2-4-6-11/h2-10H,1H3. The molecule has 0 aliphatic heterocycles. The molecule has 0 saturated heterocycles. The summed E-state index contributed by atoms with van der Waals surface area (Å²) >= 11 is 6.26. The van der Waals surface area contributed by atoms with Crippen LogP contribution < -0.4 is 4.74 Å². The van der Waals surface area contributed by atoms with Crippen LogP contribution >= 0.6 is 11.6 Å². The van der Waals surface area contributed by atoms with Gasteiger partial charge in [-0.1, -0.05) is 41.9 Å². The van der Waals surface area contributed by atoms with Gasteiger partial charge in [-0.05, 0) is 29.7 Å². The molecule has 0 unspecified atom stereocenters. The van der Waals surface area contributed by atoms with Gasteiger partial charge in [-0.25, -0.2) is 4.98 Å². The summed E-state index contributed by atoms with van der Waals surface area (Å²) < 4.78 is 5.24. The smallest absolute Gasteiger partial charge is 0.137 e. The van der Waals surface area contributed by atoms with Crippen LogP contribution in [0.3, 0.4) is 0 Å². The third-order valence-electron chi connectivity index (χ3n) is 3.06. The minimum Gasteiger partial charge on any atom is -0.497 e. The number of methoxy groups -OCH3 is 1. The largest absolute Gasteiger partial charge is 0.497 e. The molecule has 0 aliphatic rings. The van der Waals surface area contributed by atoms with E-state index in [1.165, 1.54) is 0 Å². The monoisotopic (exact) mass is 269 g/mol. The molecule has 1 aromatic heterocycles. The maximum absolute atomic E-state index is 6.26. The molecule has 2 nitrogen and oxygen atoms in total. The summed E-state index contributed by atoms with van der Waals surface area (Å²) in [4.78, 5) is 4.45. The average molecular weight is 270 g/mol. The molecule has 0 saturated carbocycles. The van der Waals surface area contributed by atoms with Crippen molar-refractivity contribution in [3.63, 3.8) is 0 Å². The molecule has 0 bridgehead atoms. The Hall–Kier alpha value is -2.06. The molecule has 1 heterocycles. The predicted molar refractivity (Wildman–Crippen MR) is 78.7 cm³/mol. The summed E-state index contributed by atoms with van der Waals surface area (Å²) in [5, 5.41) is 2.47. The maximum atomic E-state index is 6.26. The van der Waals surface area contributed by atoms with Gasteiger partial charge in [0.05, 0.1) is 12.8 Å². The molecule has 0 radical (unpaired) electrons. The van der Waals surface area contributed by atoms with Crippen LogP contribution in [0.5, 0.6) is 5.75 Å². The zero-order valence-corrected chi connectivity index (χ0v) is 11.2. The number of ether oxygens (including phenoxy) is 1. The lowest BCUT2D eigenvalue weighted by molar-refractivity contribution is 0.415. The van der Waals surface area contributed by atoms with Crippen molar-refractivity contribution >= 4 is 22.4 Å². The lowest BCUT2D eigenvalue weighted by Crippen LogP contribution is -1.88.